The SMILES string of the molecule is CCCCCC(CCC)O[SiH2]CCCC[SiH2]OC(CCC)CCCCC. The molecule has 0 N–H and O–H groups in total. The van der Waals surface area contributed by atoms with Gasteiger partial charge in [-0.3, -0.25) is 0 Å². The molecule has 0 aliphatic rings. The summed E-state index contributed by atoms with van der Waals surface area (Å²) >= 11 is 0. The van der Waals surface area contributed by atoms with E-state index < -0.39 is 0 Å². The molecule has 158 valence electrons. The molecule has 0 aromatic carbocycles. The van der Waals surface area contributed by atoms with Gasteiger partial charge in [-0.2, -0.15) is 0 Å². The van der Waals surface area contributed by atoms with E-state index in [9.17, 15) is 0 Å². The van der Waals surface area contributed by atoms with Crippen LogP contribution in [0.1, 0.15) is 118 Å². The molecule has 2 unspecified atom stereocenters. The van der Waals surface area contributed by atoms with Crippen LogP contribution < -0.4 is 0 Å². The molecule has 0 amide bonds. The first-order valence-electron chi connectivity index (χ1n) is 12.0. The van der Waals surface area contributed by atoms with Crippen molar-refractivity contribution in [2.75, 3.05) is 0 Å². The van der Waals surface area contributed by atoms with Gasteiger partial charge in [0.05, 0.1) is 0 Å². The van der Waals surface area contributed by atoms with E-state index >= 15 is 0 Å². The van der Waals surface area contributed by atoms with E-state index in [4.69, 9.17) is 8.85 Å². The maximum absolute atomic E-state index is 6.28. The normalized spacial score (nSPS) is 14.8. The lowest BCUT2D eigenvalue weighted by Crippen LogP contribution is -2.16. The van der Waals surface area contributed by atoms with Gasteiger partial charge in [-0.15, -0.1) is 0 Å². The maximum Gasteiger partial charge on any atom is 0.161 e. The number of hydrogen-bond donors (Lipinski definition) is 0. The molecule has 0 aliphatic heterocycles. The van der Waals surface area contributed by atoms with Crippen molar-refractivity contribution in [2.45, 2.75) is 142 Å². The van der Waals surface area contributed by atoms with Crippen molar-refractivity contribution < 1.29 is 8.85 Å². The minimum absolute atomic E-state index is 0.288. The minimum atomic E-state index is -0.288. The lowest BCUT2D eigenvalue weighted by atomic mass is 10.1. The fraction of sp³-hybridized carbons (Fsp3) is 1.00. The topological polar surface area (TPSA) is 18.5 Å². The molecule has 26 heavy (non-hydrogen) atoms. The van der Waals surface area contributed by atoms with Crippen LogP contribution >= 0.6 is 0 Å². The van der Waals surface area contributed by atoms with Gasteiger partial charge in [-0.1, -0.05) is 91.9 Å². The Bertz CT molecular complexity index is 239. The van der Waals surface area contributed by atoms with Gasteiger partial charge in [0.2, 0.25) is 0 Å². The Hall–Kier alpha value is 0.354. The Morgan fingerprint density at radius 2 is 0.923 bits per heavy atom. The van der Waals surface area contributed by atoms with Gasteiger partial charge >= 0.3 is 0 Å². The highest BCUT2D eigenvalue weighted by Crippen LogP contribution is 2.14. The van der Waals surface area contributed by atoms with Crippen molar-refractivity contribution in [3.8, 4) is 0 Å². The third-order valence-corrected chi connectivity index (χ3v) is 8.22. The molecule has 0 heterocycles. The van der Waals surface area contributed by atoms with E-state index in [0.29, 0.717) is 12.2 Å². The second-order valence-corrected chi connectivity index (χ2v) is 10.9. The second-order valence-electron chi connectivity index (χ2n) is 7.97. The van der Waals surface area contributed by atoms with Crippen LogP contribution in [0.4, 0.5) is 0 Å². The Morgan fingerprint density at radius 1 is 0.500 bits per heavy atom. The summed E-state index contributed by atoms with van der Waals surface area (Å²) in [6, 6.07) is 2.74. The predicted molar refractivity (Wildman–Crippen MR) is 124 cm³/mol. The third-order valence-electron chi connectivity index (χ3n) is 5.23. The van der Waals surface area contributed by atoms with Gasteiger partial charge in [0, 0.05) is 12.2 Å². The average molecular weight is 403 g/mol. The minimum Gasteiger partial charge on any atom is -0.421 e. The average Bonchev–Trinajstić information content (AvgIpc) is 2.64. The Labute approximate surface area is 170 Å². The Morgan fingerprint density at radius 3 is 1.27 bits per heavy atom. The fourth-order valence-corrected chi connectivity index (χ4v) is 6.35. The zero-order chi connectivity index (χ0) is 19.3. The molecule has 0 aromatic heterocycles. The van der Waals surface area contributed by atoms with Gasteiger partial charge in [0.15, 0.2) is 19.5 Å². The molecule has 2 atom stereocenters. The monoisotopic (exact) mass is 402 g/mol. The van der Waals surface area contributed by atoms with Crippen LogP contribution in [-0.4, -0.2) is 31.7 Å². The molecule has 0 aromatic rings. The smallest absolute Gasteiger partial charge is 0.161 e. The van der Waals surface area contributed by atoms with Crippen molar-refractivity contribution in [1.82, 2.24) is 0 Å². The van der Waals surface area contributed by atoms with E-state index in [2.05, 4.69) is 27.7 Å². The zero-order valence-electron chi connectivity index (χ0n) is 18.7. The number of unbranched alkanes of at least 4 members (excludes halogenated alkanes) is 5. The lowest BCUT2D eigenvalue weighted by molar-refractivity contribution is 0.182. The highest BCUT2D eigenvalue weighted by Gasteiger charge is 2.08. The molecule has 0 saturated carbocycles. The van der Waals surface area contributed by atoms with Crippen LogP contribution in [0.15, 0.2) is 0 Å². The van der Waals surface area contributed by atoms with Crippen LogP contribution in [0.25, 0.3) is 0 Å². The van der Waals surface area contributed by atoms with E-state index in [0.717, 1.165) is 0 Å². The van der Waals surface area contributed by atoms with Crippen molar-refractivity contribution in [1.29, 1.82) is 0 Å². The summed E-state index contributed by atoms with van der Waals surface area (Å²) in [4.78, 5) is 0. The summed E-state index contributed by atoms with van der Waals surface area (Å²) in [6.07, 6.45) is 19.7. The zero-order valence-corrected chi connectivity index (χ0v) is 21.5. The first-order valence-corrected chi connectivity index (χ1v) is 15.2. The molecular formula is C22H50O2Si2. The first-order chi connectivity index (χ1) is 12.8. The molecule has 4 heteroatoms. The predicted octanol–water partition coefficient (Wildman–Crippen LogP) is 6.30. The van der Waals surface area contributed by atoms with Crippen LogP contribution in [0.2, 0.25) is 12.1 Å². The molecule has 2 nitrogen and oxygen atoms in total. The van der Waals surface area contributed by atoms with Gasteiger partial charge in [0.1, 0.15) is 0 Å². The largest absolute Gasteiger partial charge is 0.421 e. The molecule has 0 saturated heterocycles. The van der Waals surface area contributed by atoms with Gasteiger partial charge in [-0.05, 0) is 37.8 Å². The Kier molecular flexibility index (Phi) is 21.9. The summed E-state index contributed by atoms with van der Waals surface area (Å²) in [5, 5.41) is 0. The molecular weight excluding hydrogens is 352 g/mol. The standard InChI is InChI=1S/C22H50O2Si2/c1-5-9-11-17-21(15-7-3)23-25-19-13-14-20-26-24-22(16-8-4)18-12-10-6-2/h21-22H,5-20,25-26H2,1-4H3. The summed E-state index contributed by atoms with van der Waals surface area (Å²) in [5.41, 5.74) is 0. The van der Waals surface area contributed by atoms with E-state index in [1.807, 2.05) is 0 Å². The maximum atomic E-state index is 6.28. The Balaban J connectivity index is 3.59. The highest BCUT2D eigenvalue weighted by molar-refractivity contribution is 6.27. The van der Waals surface area contributed by atoms with Crippen LogP contribution in [0.3, 0.4) is 0 Å². The summed E-state index contributed by atoms with van der Waals surface area (Å²) in [5.74, 6) is 0. The van der Waals surface area contributed by atoms with Gasteiger partial charge in [-0.25, -0.2) is 0 Å². The summed E-state index contributed by atoms with van der Waals surface area (Å²) < 4.78 is 12.6. The molecule has 0 bridgehead atoms. The van der Waals surface area contributed by atoms with Gasteiger partial charge in [0.25, 0.3) is 0 Å². The quantitative estimate of drug-likeness (QED) is 0.166. The number of rotatable bonds is 21. The molecule has 0 radical (unpaired) electrons. The van der Waals surface area contributed by atoms with E-state index in [1.54, 1.807) is 0 Å². The lowest BCUT2D eigenvalue weighted by Gasteiger charge is -2.18. The first kappa shape index (κ1) is 26.4. The molecule has 0 rings (SSSR count). The van der Waals surface area contributed by atoms with Crippen LogP contribution in [0, 0.1) is 0 Å². The van der Waals surface area contributed by atoms with Crippen molar-refractivity contribution in [3.05, 3.63) is 0 Å². The molecule has 0 aliphatic carbocycles. The number of hydrogen-bond acceptors (Lipinski definition) is 2. The van der Waals surface area contributed by atoms with Crippen molar-refractivity contribution in [2.24, 2.45) is 0 Å². The van der Waals surface area contributed by atoms with E-state index in [-0.39, 0.29) is 19.5 Å². The van der Waals surface area contributed by atoms with Crippen molar-refractivity contribution >= 4 is 19.5 Å². The third kappa shape index (κ3) is 17.8. The van der Waals surface area contributed by atoms with Crippen molar-refractivity contribution in [3.63, 3.8) is 0 Å². The summed E-state index contributed by atoms with van der Waals surface area (Å²) in [7, 11) is -0.576. The van der Waals surface area contributed by atoms with Gasteiger partial charge < -0.3 is 8.85 Å². The summed E-state index contributed by atoms with van der Waals surface area (Å²) in [6.45, 7) is 9.15. The second kappa shape index (κ2) is 21.7. The van der Waals surface area contributed by atoms with Crippen LogP contribution in [0.5, 0.6) is 0 Å². The highest BCUT2D eigenvalue weighted by atomic mass is 28.2. The van der Waals surface area contributed by atoms with E-state index in [1.165, 1.54) is 102 Å². The molecule has 0 spiro atoms. The molecule has 0 fully saturated rings. The van der Waals surface area contributed by atoms with Crippen LogP contribution in [-0.2, 0) is 8.85 Å². The fourth-order valence-electron chi connectivity index (χ4n) is 3.57.